The SMILES string of the molecule is CSCCC(NC(=O)C(Cc1ccccc1)NC(=O)C(Cc1ccccc1)NC(=O)C(N)CCCCN)C(=O)O. The van der Waals surface area contributed by atoms with Gasteiger partial charge in [-0.3, -0.25) is 14.4 Å². The van der Waals surface area contributed by atoms with E-state index in [9.17, 15) is 24.3 Å². The number of rotatable bonds is 18. The predicted octanol–water partition coefficient (Wildman–Crippen LogP) is 1.22. The molecule has 40 heavy (non-hydrogen) atoms. The number of amides is 3. The van der Waals surface area contributed by atoms with E-state index in [2.05, 4.69) is 16.0 Å². The van der Waals surface area contributed by atoms with E-state index in [0.29, 0.717) is 25.1 Å². The van der Waals surface area contributed by atoms with E-state index in [1.165, 1.54) is 11.8 Å². The standard InChI is InChI=1S/C29H41N5O5S/c1-40-17-15-23(29(38)39)32-27(36)25(19-21-12-6-3-7-13-21)34-28(37)24(18-20-10-4-2-5-11-20)33-26(35)22(31)14-8-9-16-30/h2-7,10-13,22-25H,8-9,14-19,30-31H2,1H3,(H,32,36)(H,33,35)(H,34,37)(H,38,39). The van der Waals surface area contributed by atoms with Crippen LogP contribution < -0.4 is 27.4 Å². The number of hydrogen-bond donors (Lipinski definition) is 6. The van der Waals surface area contributed by atoms with E-state index in [-0.39, 0.29) is 19.3 Å². The van der Waals surface area contributed by atoms with Crippen molar-refractivity contribution >= 4 is 35.5 Å². The number of nitrogens with two attached hydrogens (primary N) is 2. The van der Waals surface area contributed by atoms with Crippen molar-refractivity contribution < 1.29 is 24.3 Å². The molecule has 0 saturated heterocycles. The second-order valence-electron chi connectivity index (χ2n) is 9.57. The van der Waals surface area contributed by atoms with Crippen molar-refractivity contribution in [1.29, 1.82) is 0 Å². The molecule has 0 saturated carbocycles. The Balaban J connectivity index is 2.25. The van der Waals surface area contributed by atoms with Gasteiger partial charge >= 0.3 is 5.97 Å². The fourth-order valence-corrected chi connectivity index (χ4v) is 4.55. The van der Waals surface area contributed by atoms with Crippen molar-refractivity contribution in [2.24, 2.45) is 11.5 Å². The van der Waals surface area contributed by atoms with Crippen LogP contribution in [0.15, 0.2) is 60.7 Å². The minimum absolute atomic E-state index is 0.137. The molecular formula is C29H41N5O5S. The van der Waals surface area contributed by atoms with Gasteiger partial charge in [0.25, 0.3) is 0 Å². The number of carbonyl (C=O) groups excluding carboxylic acids is 3. The fraction of sp³-hybridized carbons (Fsp3) is 0.448. The Kier molecular flexibility index (Phi) is 14.8. The number of unbranched alkanes of at least 4 members (excludes halogenated alkanes) is 1. The summed E-state index contributed by atoms with van der Waals surface area (Å²) in [6.07, 6.45) is 4.25. The van der Waals surface area contributed by atoms with Crippen LogP contribution in [-0.4, -0.2) is 71.5 Å². The number of nitrogens with one attached hydrogen (secondary N) is 3. The van der Waals surface area contributed by atoms with Crippen LogP contribution in [0.5, 0.6) is 0 Å². The summed E-state index contributed by atoms with van der Waals surface area (Å²) in [6.45, 7) is 0.498. The highest BCUT2D eigenvalue weighted by molar-refractivity contribution is 7.98. The fourth-order valence-electron chi connectivity index (χ4n) is 4.07. The van der Waals surface area contributed by atoms with Crippen molar-refractivity contribution in [3.8, 4) is 0 Å². The number of thioether (sulfide) groups is 1. The Morgan fingerprint density at radius 1 is 0.750 bits per heavy atom. The van der Waals surface area contributed by atoms with Gasteiger partial charge in [-0.15, -0.1) is 0 Å². The molecule has 3 amide bonds. The first-order chi connectivity index (χ1) is 19.2. The molecule has 0 aliphatic heterocycles. The molecule has 11 heteroatoms. The summed E-state index contributed by atoms with van der Waals surface area (Å²) in [5, 5.41) is 17.7. The van der Waals surface area contributed by atoms with Crippen LogP contribution >= 0.6 is 11.8 Å². The maximum Gasteiger partial charge on any atom is 0.326 e. The zero-order valence-electron chi connectivity index (χ0n) is 22.9. The second kappa shape index (κ2) is 18.0. The van der Waals surface area contributed by atoms with E-state index >= 15 is 0 Å². The third kappa shape index (κ3) is 11.8. The summed E-state index contributed by atoms with van der Waals surface area (Å²) in [5.74, 6) is -2.26. The van der Waals surface area contributed by atoms with Crippen molar-refractivity contribution in [2.75, 3.05) is 18.6 Å². The monoisotopic (exact) mass is 571 g/mol. The van der Waals surface area contributed by atoms with Gasteiger partial charge in [0.15, 0.2) is 0 Å². The number of carboxylic acids is 1. The summed E-state index contributed by atoms with van der Waals surface area (Å²) in [7, 11) is 0. The van der Waals surface area contributed by atoms with Gasteiger partial charge in [0.2, 0.25) is 17.7 Å². The van der Waals surface area contributed by atoms with Gasteiger partial charge in [-0.1, -0.05) is 67.1 Å². The van der Waals surface area contributed by atoms with Gasteiger partial charge in [0.1, 0.15) is 18.1 Å². The summed E-state index contributed by atoms with van der Waals surface area (Å²) < 4.78 is 0. The molecule has 0 aliphatic carbocycles. The van der Waals surface area contributed by atoms with Crippen LogP contribution in [0, 0.1) is 0 Å². The van der Waals surface area contributed by atoms with Gasteiger partial charge in [-0.05, 0) is 48.9 Å². The highest BCUT2D eigenvalue weighted by atomic mass is 32.2. The molecule has 2 aromatic carbocycles. The summed E-state index contributed by atoms with van der Waals surface area (Å²) >= 11 is 1.47. The van der Waals surface area contributed by atoms with Crippen molar-refractivity contribution in [3.05, 3.63) is 71.8 Å². The lowest BCUT2D eigenvalue weighted by atomic mass is 10.0. The topological polar surface area (TPSA) is 177 Å². The zero-order valence-corrected chi connectivity index (χ0v) is 23.7. The Morgan fingerprint density at radius 2 is 1.23 bits per heavy atom. The molecule has 0 radical (unpaired) electrons. The molecular weight excluding hydrogens is 530 g/mol. The first-order valence-corrected chi connectivity index (χ1v) is 14.8. The summed E-state index contributed by atoms with van der Waals surface area (Å²) in [6, 6.07) is 14.3. The van der Waals surface area contributed by atoms with Gasteiger partial charge < -0.3 is 32.5 Å². The quantitative estimate of drug-likeness (QED) is 0.145. The van der Waals surface area contributed by atoms with E-state index in [1.54, 1.807) is 0 Å². The first kappa shape index (κ1) is 32.8. The average molecular weight is 572 g/mol. The molecule has 2 rings (SSSR count). The van der Waals surface area contributed by atoms with Crippen LogP contribution in [0.1, 0.15) is 36.8 Å². The maximum absolute atomic E-state index is 13.6. The number of carboxylic acid groups (broad SMARTS) is 1. The molecule has 8 N–H and O–H groups in total. The molecule has 10 nitrogen and oxygen atoms in total. The lowest BCUT2D eigenvalue weighted by Crippen LogP contribution is -2.58. The molecule has 218 valence electrons. The molecule has 0 heterocycles. The molecule has 2 aromatic rings. The molecule has 0 bridgehead atoms. The largest absolute Gasteiger partial charge is 0.480 e. The normalized spacial score (nSPS) is 13.9. The number of hydrogen-bond acceptors (Lipinski definition) is 7. The van der Waals surface area contributed by atoms with Crippen LogP contribution in [0.2, 0.25) is 0 Å². The van der Waals surface area contributed by atoms with Crippen molar-refractivity contribution in [1.82, 2.24) is 16.0 Å². The van der Waals surface area contributed by atoms with Crippen LogP contribution in [-0.2, 0) is 32.0 Å². The number of carbonyl (C=O) groups is 4. The molecule has 0 spiro atoms. The van der Waals surface area contributed by atoms with Crippen LogP contribution in [0.4, 0.5) is 0 Å². The highest BCUT2D eigenvalue weighted by Crippen LogP contribution is 2.09. The van der Waals surface area contributed by atoms with Crippen molar-refractivity contribution in [2.45, 2.75) is 62.7 Å². The molecule has 0 fully saturated rings. The number of benzene rings is 2. The number of aliphatic carboxylic acids is 1. The highest BCUT2D eigenvalue weighted by Gasteiger charge is 2.30. The van der Waals surface area contributed by atoms with Gasteiger partial charge in [0, 0.05) is 12.8 Å². The van der Waals surface area contributed by atoms with E-state index in [4.69, 9.17) is 11.5 Å². The third-order valence-corrected chi connectivity index (χ3v) is 7.01. The van der Waals surface area contributed by atoms with Crippen LogP contribution in [0.3, 0.4) is 0 Å². The zero-order chi connectivity index (χ0) is 29.3. The minimum Gasteiger partial charge on any atom is -0.480 e. The summed E-state index contributed by atoms with van der Waals surface area (Å²) in [4.78, 5) is 51.5. The maximum atomic E-state index is 13.6. The molecule has 4 unspecified atom stereocenters. The Labute approximate surface area is 240 Å². The Hall–Kier alpha value is -3.41. The Morgan fingerprint density at radius 3 is 1.68 bits per heavy atom. The van der Waals surface area contributed by atoms with E-state index < -0.39 is 47.9 Å². The third-order valence-electron chi connectivity index (χ3n) is 6.36. The van der Waals surface area contributed by atoms with Crippen molar-refractivity contribution in [3.63, 3.8) is 0 Å². The molecule has 4 atom stereocenters. The van der Waals surface area contributed by atoms with Gasteiger partial charge in [-0.25, -0.2) is 4.79 Å². The van der Waals surface area contributed by atoms with E-state index in [1.807, 2.05) is 66.9 Å². The first-order valence-electron chi connectivity index (χ1n) is 13.4. The van der Waals surface area contributed by atoms with Gasteiger partial charge in [0.05, 0.1) is 6.04 Å². The molecule has 0 aliphatic rings. The minimum atomic E-state index is -1.15. The predicted molar refractivity (Wildman–Crippen MR) is 158 cm³/mol. The average Bonchev–Trinajstić information content (AvgIpc) is 2.95. The Bertz CT molecular complexity index is 1070. The lowest BCUT2D eigenvalue weighted by molar-refractivity contribution is -0.142. The lowest BCUT2D eigenvalue weighted by Gasteiger charge is -2.25. The second-order valence-corrected chi connectivity index (χ2v) is 10.6. The van der Waals surface area contributed by atoms with E-state index in [0.717, 1.165) is 17.5 Å². The van der Waals surface area contributed by atoms with Crippen LogP contribution in [0.25, 0.3) is 0 Å². The summed E-state index contributed by atoms with van der Waals surface area (Å²) in [5.41, 5.74) is 13.2. The molecule has 0 aromatic heterocycles. The smallest absolute Gasteiger partial charge is 0.326 e. The van der Waals surface area contributed by atoms with Gasteiger partial charge in [-0.2, -0.15) is 11.8 Å².